The Hall–Kier alpha value is -1.60. The summed E-state index contributed by atoms with van der Waals surface area (Å²) in [5, 5.41) is 0. The summed E-state index contributed by atoms with van der Waals surface area (Å²) in [6.07, 6.45) is 1.86. The van der Waals surface area contributed by atoms with E-state index >= 15 is 0 Å². The second-order valence-electron chi connectivity index (χ2n) is 4.88. The summed E-state index contributed by atoms with van der Waals surface area (Å²) in [4.78, 5) is 14.8. The number of hydrogen-bond donors (Lipinski definition) is 1. The van der Waals surface area contributed by atoms with Gasteiger partial charge in [0.2, 0.25) is 10.0 Å². The molecule has 1 aromatic carbocycles. The quantitative estimate of drug-likeness (QED) is 0.872. The van der Waals surface area contributed by atoms with Gasteiger partial charge in [-0.1, -0.05) is 12.1 Å². The lowest BCUT2D eigenvalue weighted by Gasteiger charge is -2.14. The number of nitrogens with one attached hydrogen (secondary N) is 1. The van der Waals surface area contributed by atoms with Crippen LogP contribution >= 0.6 is 0 Å². The van der Waals surface area contributed by atoms with E-state index in [2.05, 4.69) is 4.98 Å². The normalized spacial score (nSPS) is 21.2. The van der Waals surface area contributed by atoms with Crippen molar-refractivity contribution in [3.05, 3.63) is 34.7 Å². The molecule has 1 N–H and O–H groups in total. The number of rotatable bonds is 2. The van der Waals surface area contributed by atoms with Crippen LogP contribution in [-0.4, -0.2) is 41.6 Å². The molecule has 1 fully saturated rings. The zero-order chi connectivity index (χ0) is 13.6. The number of imidazole rings is 1. The van der Waals surface area contributed by atoms with Crippen molar-refractivity contribution in [2.24, 2.45) is 0 Å². The first-order valence-corrected chi connectivity index (χ1v) is 7.96. The minimum absolute atomic E-state index is 0.0987. The Kier molecular flexibility index (Phi) is 2.75. The average molecular weight is 281 g/mol. The zero-order valence-electron chi connectivity index (χ0n) is 10.5. The standard InChI is InChI=1S/C12H15N3O3S/c1-19(17,18)14-7-6-9(8-14)15-11-5-3-2-4-10(11)13-12(15)16/h2-5,9H,6-8H2,1H3,(H,13,16). The number of aromatic amines is 1. The number of fused-ring (bicyclic) bond motifs is 1. The first-order valence-electron chi connectivity index (χ1n) is 6.11. The molecule has 3 rings (SSSR count). The maximum absolute atomic E-state index is 12.0. The fourth-order valence-electron chi connectivity index (χ4n) is 2.66. The van der Waals surface area contributed by atoms with Crippen LogP contribution < -0.4 is 5.69 Å². The summed E-state index contributed by atoms with van der Waals surface area (Å²) < 4.78 is 26.1. The monoisotopic (exact) mass is 281 g/mol. The third-order valence-corrected chi connectivity index (χ3v) is 4.85. The number of nitrogens with zero attached hydrogens (tertiary/aromatic N) is 2. The molecular formula is C12H15N3O3S. The fraction of sp³-hybridized carbons (Fsp3) is 0.417. The lowest BCUT2D eigenvalue weighted by atomic mass is 10.2. The molecule has 1 aliphatic rings. The van der Waals surface area contributed by atoms with Crippen LogP contribution in [0.25, 0.3) is 11.0 Å². The molecule has 1 atom stereocenters. The highest BCUT2D eigenvalue weighted by atomic mass is 32.2. The minimum Gasteiger partial charge on any atom is -0.306 e. The highest BCUT2D eigenvalue weighted by molar-refractivity contribution is 7.88. The molecular weight excluding hydrogens is 266 g/mol. The molecule has 0 radical (unpaired) electrons. The van der Waals surface area contributed by atoms with E-state index in [1.165, 1.54) is 10.6 Å². The molecule has 2 heterocycles. The van der Waals surface area contributed by atoms with Gasteiger partial charge in [0, 0.05) is 13.1 Å². The summed E-state index contributed by atoms with van der Waals surface area (Å²) in [5.41, 5.74) is 1.43. The summed E-state index contributed by atoms with van der Waals surface area (Å²) in [7, 11) is -3.18. The van der Waals surface area contributed by atoms with Crippen LogP contribution in [0, 0.1) is 0 Å². The molecule has 1 aromatic heterocycles. The number of para-hydroxylation sites is 2. The van der Waals surface area contributed by atoms with E-state index in [0.29, 0.717) is 19.5 Å². The van der Waals surface area contributed by atoms with Crippen LogP contribution in [0.15, 0.2) is 29.1 Å². The second kappa shape index (κ2) is 4.21. The van der Waals surface area contributed by atoms with Gasteiger partial charge in [-0.25, -0.2) is 17.5 Å². The first kappa shape index (κ1) is 12.4. The van der Waals surface area contributed by atoms with Crippen molar-refractivity contribution in [2.45, 2.75) is 12.5 Å². The van der Waals surface area contributed by atoms with E-state index in [4.69, 9.17) is 0 Å². The maximum Gasteiger partial charge on any atom is 0.326 e. The van der Waals surface area contributed by atoms with Gasteiger partial charge < -0.3 is 4.98 Å². The van der Waals surface area contributed by atoms with Gasteiger partial charge in [0.25, 0.3) is 0 Å². The lowest BCUT2D eigenvalue weighted by molar-refractivity contribution is 0.456. The Morgan fingerprint density at radius 3 is 2.74 bits per heavy atom. The molecule has 0 aliphatic carbocycles. The van der Waals surface area contributed by atoms with Crippen molar-refractivity contribution < 1.29 is 8.42 Å². The number of H-pyrrole nitrogens is 1. The Morgan fingerprint density at radius 2 is 2.05 bits per heavy atom. The Morgan fingerprint density at radius 1 is 1.32 bits per heavy atom. The molecule has 0 amide bonds. The van der Waals surface area contributed by atoms with Crippen LogP contribution in [0.3, 0.4) is 0 Å². The largest absolute Gasteiger partial charge is 0.326 e. The molecule has 6 nitrogen and oxygen atoms in total. The van der Waals surface area contributed by atoms with Crippen LogP contribution in [0.1, 0.15) is 12.5 Å². The number of hydrogen-bond acceptors (Lipinski definition) is 3. The van der Waals surface area contributed by atoms with E-state index in [9.17, 15) is 13.2 Å². The summed E-state index contributed by atoms with van der Waals surface area (Å²) in [6.45, 7) is 0.829. The van der Waals surface area contributed by atoms with Gasteiger partial charge in [-0.05, 0) is 18.6 Å². The van der Waals surface area contributed by atoms with E-state index in [1.54, 1.807) is 4.57 Å². The number of benzene rings is 1. The third kappa shape index (κ3) is 2.08. The van der Waals surface area contributed by atoms with Crippen molar-refractivity contribution in [3.63, 3.8) is 0 Å². The molecule has 0 saturated carbocycles. The molecule has 7 heteroatoms. The minimum atomic E-state index is -3.18. The van der Waals surface area contributed by atoms with E-state index in [-0.39, 0.29) is 11.7 Å². The Balaban J connectivity index is 2.03. The third-order valence-electron chi connectivity index (χ3n) is 3.58. The summed E-state index contributed by atoms with van der Waals surface area (Å²) >= 11 is 0. The SMILES string of the molecule is CS(=O)(=O)N1CCC(n2c(=O)[nH]c3ccccc32)C1. The van der Waals surface area contributed by atoms with E-state index in [0.717, 1.165) is 11.0 Å². The van der Waals surface area contributed by atoms with Gasteiger partial charge in [0.05, 0.1) is 23.3 Å². The molecule has 0 bridgehead atoms. The van der Waals surface area contributed by atoms with Crippen molar-refractivity contribution in [1.82, 2.24) is 13.9 Å². The molecule has 1 unspecified atom stereocenters. The number of sulfonamides is 1. The van der Waals surface area contributed by atoms with Crippen molar-refractivity contribution in [3.8, 4) is 0 Å². The molecule has 1 aliphatic heterocycles. The highest BCUT2D eigenvalue weighted by Gasteiger charge is 2.31. The van der Waals surface area contributed by atoms with Crippen molar-refractivity contribution in [2.75, 3.05) is 19.3 Å². The van der Waals surface area contributed by atoms with Crippen molar-refractivity contribution in [1.29, 1.82) is 0 Å². The van der Waals surface area contributed by atoms with Gasteiger partial charge in [0.15, 0.2) is 0 Å². The molecule has 2 aromatic rings. The Bertz CT molecular complexity index is 775. The Labute approximate surface area is 110 Å². The fourth-order valence-corrected chi connectivity index (χ4v) is 3.54. The second-order valence-corrected chi connectivity index (χ2v) is 6.86. The van der Waals surface area contributed by atoms with E-state index < -0.39 is 10.0 Å². The predicted octanol–water partition coefficient (Wildman–Crippen LogP) is 0.536. The van der Waals surface area contributed by atoms with Gasteiger partial charge in [-0.15, -0.1) is 0 Å². The van der Waals surface area contributed by atoms with Gasteiger partial charge in [-0.3, -0.25) is 4.57 Å². The topological polar surface area (TPSA) is 75.2 Å². The molecule has 102 valence electrons. The van der Waals surface area contributed by atoms with Crippen LogP contribution in [0.5, 0.6) is 0 Å². The molecule has 19 heavy (non-hydrogen) atoms. The predicted molar refractivity (Wildman–Crippen MR) is 72.6 cm³/mol. The first-order chi connectivity index (χ1) is 8.97. The van der Waals surface area contributed by atoms with Crippen molar-refractivity contribution >= 4 is 21.1 Å². The molecule has 1 saturated heterocycles. The molecule has 0 spiro atoms. The zero-order valence-corrected chi connectivity index (χ0v) is 11.4. The maximum atomic E-state index is 12.0. The van der Waals surface area contributed by atoms with Gasteiger partial charge >= 0.3 is 5.69 Å². The average Bonchev–Trinajstić information content (AvgIpc) is 2.90. The smallest absolute Gasteiger partial charge is 0.306 e. The van der Waals surface area contributed by atoms with Crippen LogP contribution in [0.4, 0.5) is 0 Å². The summed E-state index contributed by atoms with van der Waals surface area (Å²) in [5.74, 6) is 0. The van der Waals surface area contributed by atoms with E-state index in [1.807, 2.05) is 24.3 Å². The summed E-state index contributed by atoms with van der Waals surface area (Å²) in [6, 6.07) is 7.35. The van der Waals surface area contributed by atoms with Crippen LogP contribution in [0.2, 0.25) is 0 Å². The van der Waals surface area contributed by atoms with Crippen LogP contribution in [-0.2, 0) is 10.0 Å². The number of aromatic nitrogens is 2. The van der Waals surface area contributed by atoms with Gasteiger partial charge in [-0.2, -0.15) is 0 Å². The highest BCUT2D eigenvalue weighted by Crippen LogP contribution is 2.25. The lowest BCUT2D eigenvalue weighted by Crippen LogP contribution is -2.29. The van der Waals surface area contributed by atoms with Gasteiger partial charge in [0.1, 0.15) is 0 Å².